The smallest absolute Gasteiger partial charge is 0.223 e. The molecule has 2 aliphatic heterocycles. The van der Waals surface area contributed by atoms with E-state index in [1.54, 1.807) is 0 Å². The quantitative estimate of drug-likeness (QED) is 0.656. The minimum atomic E-state index is -1.04. The fourth-order valence-corrected chi connectivity index (χ4v) is 4.24. The molecular formula is C25H25NO6. The van der Waals surface area contributed by atoms with Crippen LogP contribution < -0.4 is 10.1 Å². The predicted molar refractivity (Wildman–Crippen MR) is 117 cm³/mol. The van der Waals surface area contributed by atoms with E-state index in [1.165, 1.54) is 6.92 Å². The Labute approximate surface area is 185 Å². The van der Waals surface area contributed by atoms with Gasteiger partial charge in [-0.15, -0.1) is 0 Å². The van der Waals surface area contributed by atoms with Crippen molar-refractivity contribution in [2.24, 2.45) is 0 Å². The average Bonchev–Trinajstić information content (AvgIpc) is 2.82. The molecule has 0 saturated carbocycles. The number of aliphatic hydroxyl groups is 1. The minimum Gasteiger partial charge on any atom is -0.463 e. The number of rotatable bonds is 4. The maximum absolute atomic E-state index is 11.9. The number of ether oxygens (including phenoxy) is 4. The summed E-state index contributed by atoms with van der Waals surface area (Å²) in [4.78, 5) is 11.9. The van der Waals surface area contributed by atoms with Crippen molar-refractivity contribution >= 4 is 16.7 Å². The number of carbonyl (C=O) groups excluding carboxylic acids is 1. The van der Waals surface area contributed by atoms with Gasteiger partial charge in [0.2, 0.25) is 12.2 Å². The summed E-state index contributed by atoms with van der Waals surface area (Å²) in [7, 11) is 0. The fraction of sp³-hybridized carbons (Fsp3) is 0.320. The Kier molecular flexibility index (Phi) is 5.80. The zero-order valence-electron chi connectivity index (χ0n) is 17.6. The van der Waals surface area contributed by atoms with Crippen LogP contribution in [0.5, 0.6) is 5.75 Å². The summed E-state index contributed by atoms with van der Waals surface area (Å²) >= 11 is 0. The molecule has 6 atom stereocenters. The van der Waals surface area contributed by atoms with E-state index in [0.717, 1.165) is 16.3 Å². The van der Waals surface area contributed by atoms with E-state index in [1.807, 2.05) is 72.8 Å². The Morgan fingerprint density at radius 3 is 2.53 bits per heavy atom. The first-order valence-electron chi connectivity index (χ1n) is 10.7. The van der Waals surface area contributed by atoms with Crippen LogP contribution >= 0.6 is 0 Å². The van der Waals surface area contributed by atoms with Crippen molar-refractivity contribution in [1.29, 1.82) is 0 Å². The molecule has 2 heterocycles. The highest BCUT2D eigenvalue weighted by atomic mass is 16.7. The Morgan fingerprint density at radius 2 is 1.75 bits per heavy atom. The summed E-state index contributed by atoms with van der Waals surface area (Å²) in [5.41, 5.74) is 0.851. The first-order chi connectivity index (χ1) is 15.6. The molecule has 32 heavy (non-hydrogen) atoms. The number of hydrogen-bond donors (Lipinski definition) is 2. The molecule has 0 spiro atoms. The van der Waals surface area contributed by atoms with Gasteiger partial charge in [-0.3, -0.25) is 4.79 Å². The lowest BCUT2D eigenvalue weighted by atomic mass is 9.95. The van der Waals surface area contributed by atoms with E-state index in [9.17, 15) is 9.90 Å². The molecule has 0 aromatic heterocycles. The molecule has 5 rings (SSSR count). The molecule has 0 aliphatic carbocycles. The molecular weight excluding hydrogens is 410 g/mol. The van der Waals surface area contributed by atoms with Gasteiger partial charge < -0.3 is 29.4 Å². The van der Waals surface area contributed by atoms with E-state index >= 15 is 0 Å². The lowest BCUT2D eigenvalue weighted by Crippen LogP contribution is -2.67. The number of amides is 1. The molecule has 166 valence electrons. The van der Waals surface area contributed by atoms with Crippen molar-refractivity contribution in [2.75, 3.05) is 6.61 Å². The van der Waals surface area contributed by atoms with Crippen LogP contribution in [0.15, 0.2) is 72.8 Å². The van der Waals surface area contributed by atoms with Crippen LogP contribution in [0.4, 0.5) is 0 Å². The maximum atomic E-state index is 11.9. The molecule has 2 aliphatic rings. The van der Waals surface area contributed by atoms with Crippen LogP contribution in [0.1, 0.15) is 18.8 Å². The van der Waals surface area contributed by atoms with Crippen LogP contribution in [0, 0.1) is 0 Å². The van der Waals surface area contributed by atoms with Crippen LogP contribution in [-0.4, -0.2) is 48.3 Å². The van der Waals surface area contributed by atoms with Crippen LogP contribution in [-0.2, 0) is 19.0 Å². The van der Waals surface area contributed by atoms with Gasteiger partial charge in [0.25, 0.3) is 0 Å². The fourth-order valence-electron chi connectivity index (χ4n) is 4.24. The topological polar surface area (TPSA) is 86.3 Å². The Morgan fingerprint density at radius 1 is 1.00 bits per heavy atom. The van der Waals surface area contributed by atoms with E-state index in [2.05, 4.69) is 5.32 Å². The first kappa shape index (κ1) is 20.9. The van der Waals surface area contributed by atoms with Gasteiger partial charge in [-0.25, -0.2) is 0 Å². The standard InChI is InChI=1S/C25H25NO6/c1-15(27)26-21-22(28)23-20(14-29-24(32-23)17-8-3-2-4-9-17)31-25(21)30-19-12-11-16-7-5-6-10-18(16)13-19/h2-13,20-25,28H,14H2,1H3,(H,26,27)/t20-,21+,22+,23+,24-,25-/m0/s1. The molecule has 2 saturated heterocycles. The highest BCUT2D eigenvalue weighted by Crippen LogP contribution is 2.35. The number of carbonyl (C=O) groups is 1. The second-order valence-corrected chi connectivity index (χ2v) is 8.06. The summed E-state index contributed by atoms with van der Waals surface area (Å²) in [5, 5.41) is 16.0. The molecule has 3 aromatic rings. The summed E-state index contributed by atoms with van der Waals surface area (Å²) < 4.78 is 24.1. The second kappa shape index (κ2) is 8.88. The largest absolute Gasteiger partial charge is 0.463 e. The number of nitrogens with one attached hydrogen (secondary N) is 1. The predicted octanol–water partition coefficient (Wildman–Crippen LogP) is 2.92. The third-order valence-electron chi connectivity index (χ3n) is 5.78. The molecule has 1 amide bonds. The Hall–Kier alpha value is -2.97. The second-order valence-electron chi connectivity index (χ2n) is 8.06. The molecule has 7 nitrogen and oxygen atoms in total. The van der Waals surface area contributed by atoms with E-state index in [4.69, 9.17) is 18.9 Å². The highest BCUT2D eigenvalue weighted by Gasteiger charge is 2.50. The monoisotopic (exact) mass is 435 g/mol. The Bertz CT molecular complexity index is 1090. The lowest BCUT2D eigenvalue weighted by molar-refractivity contribution is -0.333. The van der Waals surface area contributed by atoms with E-state index in [-0.39, 0.29) is 12.5 Å². The molecule has 7 heteroatoms. The van der Waals surface area contributed by atoms with Gasteiger partial charge in [0.05, 0.1) is 6.61 Å². The van der Waals surface area contributed by atoms with Crippen molar-refractivity contribution in [3.63, 3.8) is 0 Å². The normalized spacial score (nSPS) is 29.8. The average molecular weight is 435 g/mol. The number of aliphatic hydroxyl groups excluding tert-OH is 1. The highest BCUT2D eigenvalue weighted by molar-refractivity contribution is 5.83. The first-order valence-corrected chi connectivity index (χ1v) is 10.7. The third kappa shape index (κ3) is 4.20. The third-order valence-corrected chi connectivity index (χ3v) is 5.78. The van der Waals surface area contributed by atoms with E-state index in [0.29, 0.717) is 5.75 Å². The van der Waals surface area contributed by atoms with Crippen LogP contribution in [0.25, 0.3) is 10.8 Å². The Balaban J connectivity index is 1.37. The summed E-state index contributed by atoms with van der Waals surface area (Å²) in [6, 6.07) is 22.3. The summed E-state index contributed by atoms with van der Waals surface area (Å²) in [6.07, 6.45) is -3.79. The van der Waals surface area contributed by atoms with Gasteiger partial charge in [-0.1, -0.05) is 60.7 Å². The van der Waals surface area contributed by atoms with Crippen LogP contribution in [0.2, 0.25) is 0 Å². The zero-order valence-corrected chi connectivity index (χ0v) is 17.6. The van der Waals surface area contributed by atoms with Gasteiger partial charge in [0, 0.05) is 12.5 Å². The molecule has 2 fully saturated rings. The lowest BCUT2D eigenvalue weighted by Gasteiger charge is -2.47. The van der Waals surface area contributed by atoms with Crippen LogP contribution in [0.3, 0.4) is 0 Å². The molecule has 2 N–H and O–H groups in total. The van der Waals surface area contributed by atoms with Crippen molar-refractivity contribution in [3.05, 3.63) is 78.4 Å². The number of benzene rings is 3. The maximum Gasteiger partial charge on any atom is 0.223 e. The zero-order chi connectivity index (χ0) is 22.1. The SMILES string of the molecule is CC(=O)N[C@H]1[C@@H](Oc2ccc3ccccc3c2)O[C@H]2CO[C@H](c3ccccc3)O[C@H]2[C@@H]1O. The molecule has 0 bridgehead atoms. The van der Waals surface area contributed by atoms with Crippen molar-refractivity contribution in [3.8, 4) is 5.75 Å². The summed E-state index contributed by atoms with van der Waals surface area (Å²) in [5.74, 6) is 0.282. The summed E-state index contributed by atoms with van der Waals surface area (Å²) in [6.45, 7) is 1.62. The van der Waals surface area contributed by atoms with Gasteiger partial charge in [0.1, 0.15) is 30.1 Å². The van der Waals surface area contributed by atoms with Crippen molar-refractivity contribution in [1.82, 2.24) is 5.32 Å². The molecule has 0 radical (unpaired) electrons. The molecule has 0 unspecified atom stereocenters. The molecule has 3 aromatic carbocycles. The van der Waals surface area contributed by atoms with Gasteiger partial charge in [0.15, 0.2) is 6.29 Å². The number of hydrogen-bond acceptors (Lipinski definition) is 6. The van der Waals surface area contributed by atoms with Gasteiger partial charge in [-0.05, 0) is 22.9 Å². The minimum absolute atomic E-state index is 0.228. The van der Waals surface area contributed by atoms with Gasteiger partial charge in [-0.2, -0.15) is 0 Å². The van der Waals surface area contributed by atoms with Crippen molar-refractivity contribution < 1.29 is 28.8 Å². The van der Waals surface area contributed by atoms with E-state index < -0.39 is 36.9 Å². The van der Waals surface area contributed by atoms with Crippen molar-refractivity contribution in [2.45, 2.75) is 43.9 Å². The number of fused-ring (bicyclic) bond motifs is 2. The van der Waals surface area contributed by atoms with Gasteiger partial charge >= 0.3 is 0 Å².